The smallest absolute Gasteiger partial charge is 0.234 e. The number of nitrogens with zero attached hydrogens (tertiary/aromatic N) is 2. The molecule has 21 heavy (non-hydrogen) atoms. The molecule has 0 bridgehead atoms. The minimum absolute atomic E-state index is 0.0951. The summed E-state index contributed by atoms with van der Waals surface area (Å²) in [7, 11) is 1.76. The Bertz CT molecular complexity index is 472. The maximum Gasteiger partial charge on any atom is 0.234 e. The minimum Gasteiger partial charge on any atom is -0.370 e. The fourth-order valence-corrected chi connectivity index (χ4v) is 3.93. The molecule has 2 saturated carbocycles. The predicted molar refractivity (Wildman–Crippen MR) is 79.8 cm³/mol. The highest BCUT2D eigenvalue weighted by Gasteiger charge is 2.44. The summed E-state index contributed by atoms with van der Waals surface area (Å²) in [6, 6.07) is 0. The first kappa shape index (κ1) is 15.0. The Morgan fingerprint density at radius 3 is 2.48 bits per heavy atom. The van der Waals surface area contributed by atoms with Crippen LogP contribution >= 0.6 is 0 Å². The molecule has 0 radical (unpaired) electrons. The van der Waals surface area contributed by atoms with Crippen molar-refractivity contribution in [2.75, 3.05) is 13.7 Å². The van der Waals surface area contributed by atoms with Gasteiger partial charge in [0.1, 0.15) is 5.60 Å². The molecule has 1 aromatic heterocycles. The summed E-state index contributed by atoms with van der Waals surface area (Å²) in [6.45, 7) is 2.88. The zero-order chi connectivity index (χ0) is 14.9. The zero-order valence-electron chi connectivity index (χ0n) is 13.2. The molecule has 118 valence electrons. The molecule has 5 heteroatoms. The molecule has 0 amide bonds. The summed E-state index contributed by atoms with van der Waals surface area (Å²) < 4.78 is 11.5. The fraction of sp³-hybridized carbons (Fsp3) is 0.875. The molecule has 3 rings (SSSR count). The second-order valence-corrected chi connectivity index (χ2v) is 7.00. The Labute approximate surface area is 126 Å². The van der Waals surface area contributed by atoms with Gasteiger partial charge >= 0.3 is 0 Å². The lowest BCUT2D eigenvalue weighted by Crippen LogP contribution is -2.35. The van der Waals surface area contributed by atoms with Crippen molar-refractivity contribution in [2.45, 2.75) is 69.3 Å². The van der Waals surface area contributed by atoms with Gasteiger partial charge in [-0.1, -0.05) is 24.9 Å². The quantitative estimate of drug-likeness (QED) is 0.924. The monoisotopic (exact) mass is 293 g/mol. The summed E-state index contributed by atoms with van der Waals surface area (Å²) in [5.41, 5.74) is 5.56. The van der Waals surface area contributed by atoms with E-state index in [2.05, 4.69) is 12.1 Å². The molecule has 0 aromatic carbocycles. The number of ether oxygens (including phenoxy) is 1. The van der Waals surface area contributed by atoms with Crippen LogP contribution in [0.2, 0.25) is 0 Å². The molecule has 2 fully saturated rings. The SMILES string of the molecule is COC1(c2noc(C3(CN)CCCC3)n2)CCC(C)CC1. The van der Waals surface area contributed by atoms with Gasteiger partial charge in [-0.05, 0) is 44.4 Å². The van der Waals surface area contributed by atoms with Crippen molar-refractivity contribution >= 4 is 0 Å². The molecule has 5 nitrogen and oxygen atoms in total. The lowest BCUT2D eigenvalue weighted by molar-refractivity contribution is -0.0609. The van der Waals surface area contributed by atoms with Gasteiger partial charge in [0.05, 0.1) is 5.41 Å². The van der Waals surface area contributed by atoms with Crippen LogP contribution in [0.5, 0.6) is 0 Å². The van der Waals surface area contributed by atoms with Crippen molar-refractivity contribution in [1.82, 2.24) is 10.1 Å². The Morgan fingerprint density at radius 2 is 1.90 bits per heavy atom. The molecule has 2 aliphatic rings. The van der Waals surface area contributed by atoms with Gasteiger partial charge in [0.25, 0.3) is 0 Å². The van der Waals surface area contributed by atoms with Crippen molar-refractivity contribution in [3.63, 3.8) is 0 Å². The van der Waals surface area contributed by atoms with Gasteiger partial charge in [0, 0.05) is 13.7 Å². The summed E-state index contributed by atoms with van der Waals surface area (Å²) >= 11 is 0. The van der Waals surface area contributed by atoms with Gasteiger partial charge in [0.2, 0.25) is 11.7 Å². The van der Waals surface area contributed by atoms with E-state index < -0.39 is 0 Å². The van der Waals surface area contributed by atoms with Crippen LogP contribution in [0.15, 0.2) is 4.52 Å². The van der Waals surface area contributed by atoms with Crippen LogP contribution in [-0.4, -0.2) is 23.8 Å². The van der Waals surface area contributed by atoms with E-state index in [9.17, 15) is 0 Å². The molecule has 0 unspecified atom stereocenters. The highest BCUT2D eigenvalue weighted by Crippen LogP contribution is 2.43. The fourth-order valence-electron chi connectivity index (χ4n) is 3.93. The van der Waals surface area contributed by atoms with Crippen LogP contribution in [0.3, 0.4) is 0 Å². The van der Waals surface area contributed by atoms with Gasteiger partial charge in [-0.3, -0.25) is 0 Å². The number of aromatic nitrogens is 2. The van der Waals surface area contributed by atoms with Crippen molar-refractivity contribution in [3.8, 4) is 0 Å². The Kier molecular flexibility index (Phi) is 4.06. The highest BCUT2D eigenvalue weighted by molar-refractivity contribution is 5.12. The highest BCUT2D eigenvalue weighted by atomic mass is 16.5. The Morgan fingerprint density at radius 1 is 1.24 bits per heavy atom. The first-order valence-corrected chi connectivity index (χ1v) is 8.24. The third-order valence-electron chi connectivity index (χ3n) is 5.71. The van der Waals surface area contributed by atoms with Gasteiger partial charge < -0.3 is 15.0 Å². The summed E-state index contributed by atoms with van der Waals surface area (Å²) in [5, 5.41) is 4.28. The van der Waals surface area contributed by atoms with E-state index in [0.717, 1.165) is 56.2 Å². The summed E-state index contributed by atoms with van der Waals surface area (Å²) in [5.74, 6) is 2.21. The van der Waals surface area contributed by atoms with Crippen LogP contribution in [0.1, 0.15) is 70.0 Å². The van der Waals surface area contributed by atoms with E-state index in [1.54, 1.807) is 7.11 Å². The Hall–Kier alpha value is -0.940. The van der Waals surface area contributed by atoms with Crippen LogP contribution in [-0.2, 0) is 15.8 Å². The van der Waals surface area contributed by atoms with E-state index in [4.69, 9.17) is 20.0 Å². The number of rotatable bonds is 4. The lowest BCUT2D eigenvalue weighted by atomic mass is 9.79. The lowest BCUT2D eigenvalue weighted by Gasteiger charge is -2.35. The normalized spacial score (nSPS) is 32.4. The van der Waals surface area contributed by atoms with Crippen LogP contribution < -0.4 is 5.73 Å². The standard InChI is InChI=1S/C16H27N3O2/c1-12-5-9-16(20-2,10-6-12)13-18-14(21-19-13)15(11-17)7-3-4-8-15/h12H,3-11,17H2,1-2H3. The molecule has 0 saturated heterocycles. The molecular formula is C16H27N3O2. The Balaban J connectivity index is 1.86. The van der Waals surface area contributed by atoms with Gasteiger partial charge in [-0.25, -0.2) is 0 Å². The molecule has 1 aromatic rings. The van der Waals surface area contributed by atoms with Gasteiger partial charge in [0.15, 0.2) is 0 Å². The third kappa shape index (κ3) is 2.50. The molecule has 0 aliphatic heterocycles. The number of hydrogen-bond donors (Lipinski definition) is 1. The largest absolute Gasteiger partial charge is 0.370 e. The van der Waals surface area contributed by atoms with E-state index >= 15 is 0 Å². The summed E-state index contributed by atoms with van der Waals surface area (Å²) in [6.07, 6.45) is 8.76. The van der Waals surface area contributed by atoms with E-state index in [-0.39, 0.29) is 11.0 Å². The van der Waals surface area contributed by atoms with Crippen LogP contribution in [0.25, 0.3) is 0 Å². The second kappa shape index (κ2) is 5.69. The van der Waals surface area contributed by atoms with Crippen molar-refractivity contribution in [2.24, 2.45) is 11.7 Å². The summed E-state index contributed by atoms with van der Waals surface area (Å²) in [4.78, 5) is 4.74. The molecule has 2 N–H and O–H groups in total. The van der Waals surface area contributed by atoms with Crippen LogP contribution in [0, 0.1) is 5.92 Å². The number of hydrogen-bond acceptors (Lipinski definition) is 5. The molecule has 1 heterocycles. The second-order valence-electron chi connectivity index (χ2n) is 7.00. The molecule has 2 aliphatic carbocycles. The van der Waals surface area contributed by atoms with Gasteiger partial charge in [-0.15, -0.1) is 0 Å². The van der Waals surface area contributed by atoms with Crippen molar-refractivity contribution < 1.29 is 9.26 Å². The maximum atomic E-state index is 6.01. The first-order chi connectivity index (χ1) is 10.1. The van der Waals surface area contributed by atoms with E-state index in [1.165, 1.54) is 12.8 Å². The van der Waals surface area contributed by atoms with Crippen LogP contribution in [0.4, 0.5) is 0 Å². The minimum atomic E-state index is -0.358. The molecule has 0 spiro atoms. The predicted octanol–water partition coefficient (Wildman–Crippen LogP) is 2.89. The molecule has 0 atom stereocenters. The van der Waals surface area contributed by atoms with Gasteiger partial charge in [-0.2, -0.15) is 4.98 Å². The maximum absolute atomic E-state index is 6.01. The third-order valence-corrected chi connectivity index (χ3v) is 5.71. The number of methoxy groups -OCH3 is 1. The topological polar surface area (TPSA) is 74.2 Å². The number of nitrogens with two attached hydrogens (primary N) is 1. The average molecular weight is 293 g/mol. The van der Waals surface area contributed by atoms with Crippen molar-refractivity contribution in [3.05, 3.63) is 11.7 Å². The first-order valence-electron chi connectivity index (χ1n) is 8.24. The zero-order valence-corrected chi connectivity index (χ0v) is 13.2. The molecular weight excluding hydrogens is 266 g/mol. The van der Waals surface area contributed by atoms with E-state index in [1.807, 2.05) is 0 Å². The van der Waals surface area contributed by atoms with E-state index in [0.29, 0.717) is 6.54 Å². The average Bonchev–Trinajstić information content (AvgIpc) is 3.18. The van der Waals surface area contributed by atoms with Crippen molar-refractivity contribution in [1.29, 1.82) is 0 Å².